The van der Waals surface area contributed by atoms with Crippen molar-refractivity contribution in [1.29, 1.82) is 5.26 Å². The molecule has 0 aliphatic heterocycles. The van der Waals surface area contributed by atoms with Crippen molar-refractivity contribution in [1.82, 2.24) is 9.36 Å². The van der Waals surface area contributed by atoms with Crippen molar-refractivity contribution >= 4 is 22.6 Å². The largest absolute Gasteiger partial charge is 0.299 e. The molecule has 0 bridgehead atoms. The summed E-state index contributed by atoms with van der Waals surface area (Å²) in [5.41, 5.74) is -0.848. The predicted molar refractivity (Wildman–Crippen MR) is 59.8 cm³/mol. The normalized spacial score (nSPS) is 18.0. The Kier molecular flexibility index (Phi) is 2.88. The number of nitrogens with zero attached hydrogens (tertiary/aromatic N) is 3. The van der Waals surface area contributed by atoms with Gasteiger partial charge < -0.3 is 0 Å². The minimum atomic E-state index is -0.848. The molecule has 1 N–H and O–H groups in total. The van der Waals surface area contributed by atoms with Gasteiger partial charge in [-0.05, 0) is 19.8 Å². The van der Waals surface area contributed by atoms with Crippen LogP contribution in [0.2, 0.25) is 0 Å². The van der Waals surface area contributed by atoms with Crippen LogP contribution in [0.25, 0.3) is 0 Å². The van der Waals surface area contributed by atoms with Crippen molar-refractivity contribution in [2.75, 3.05) is 5.32 Å². The number of carbonyl (C=O) groups is 1. The van der Waals surface area contributed by atoms with E-state index in [2.05, 4.69) is 20.7 Å². The minimum Gasteiger partial charge on any atom is -0.299 e. The molecule has 0 spiro atoms. The second-order valence-corrected chi connectivity index (χ2v) is 4.75. The Morgan fingerprint density at radius 1 is 1.56 bits per heavy atom. The van der Waals surface area contributed by atoms with E-state index in [0.29, 0.717) is 23.8 Å². The number of aromatic nitrogens is 2. The molecule has 1 aliphatic carbocycles. The lowest BCUT2D eigenvalue weighted by Gasteiger charge is -2.17. The van der Waals surface area contributed by atoms with Gasteiger partial charge in [0.2, 0.25) is 11.0 Å². The van der Waals surface area contributed by atoms with E-state index in [4.69, 9.17) is 5.26 Å². The van der Waals surface area contributed by atoms with Gasteiger partial charge in [-0.25, -0.2) is 4.98 Å². The molecular formula is C10H12N4OS. The number of nitrogens with one attached hydrogen (secondary N) is 1. The van der Waals surface area contributed by atoms with Gasteiger partial charge in [-0.1, -0.05) is 12.8 Å². The summed E-state index contributed by atoms with van der Waals surface area (Å²) in [6, 6.07) is 2.15. The van der Waals surface area contributed by atoms with E-state index in [9.17, 15) is 4.79 Å². The zero-order chi connectivity index (χ0) is 11.6. The third-order valence-corrected chi connectivity index (χ3v) is 3.58. The summed E-state index contributed by atoms with van der Waals surface area (Å²) in [4.78, 5) is 16.0. The third-order valence-electron chi connectivity index (χ3n) is 2.85. The molecule has 1 saturated carbocycles. The Balaban J connectivity index is 2.11. The molecule has 0 unspecified atom stereocenters. The SMILES string of the molecule is Cc1nsc(NC(=O)C2(C#N)CCCC2)n1. The number of aryl methyl sites for hydroxylation is 1. The number of nitriles is 1. The van der Waals surface area contributed by atoms with Crippen LogP contribution >= 0.6 is 11.5 Å². The predicted octanol–water partition coefficient (Wildman–Crippen LogP) is 1.87. The molecule has 1 fully saturated rings. The summed E-state index contributed by atoms with van der Waals surface area (Å²) in [5, 5.41) is 12.3. The second kappa shape index (κ2) is 4.18. The van der Waals surface area contributed by atoms with E-state index in [0.717, 1.165) is 24.4 Å². The molecule has 1 aromatic rings. The van der Waals surface area contributed by atoms with Crippen LogP contribution in [-0.2, 0) is 4.79 Å². The summed E-state index contributed by atoms with van der Waals surface area (Å²) < 4.78 is 3.98. The van der Waals surface area contributed by atoms with Gasteiger partial charge in [0.25, 0.3) is 0 Å². The number of rotatable bonds is 2. The van der Waals surface area contributed by atoms with Gasteiger partial charge >= 0.3 is 0 Å². The van der Waals surface area contributed by atoms with E-state index in [1.54, 1.807) is 6.92 Å². The maximum atomic E-state index is 12.0. The lowest BCUT2D eigenvalue weighted by Crippen LogP contribution is -2.32. The number of hydrogen-bond donors (Lipinski definition) is 1. The smallest absolute Gasteiger partial charge is 0.246 e. The van der Waals surface area contributed by atoms with E-state index in [1.807, 2.05) is 0 Å². The van der Waals surface area contributed by atoms with E-state index < -0.39 is 5.41 Å². The van der Waals surface area contributed by atoms with Gasteiger partial charge in [-0.2, -0.15) is 9.64 Å². The van der Waals surface area contributed by atoms with Gasteiger partial charge in [0.15, 0.2) is 0 Å². The van der Waals surface area contributed by atoms with Gasteiger partial charge in [0, 0.05) is 11.5 Å². The van der Waals surface area contributed by atoms with E-state index in [-0.39, 0.29) is 5.91 Å². The molecule has 0 atom stereocenters. The van der Waals surface area contributed by atoms with Crippen LogP contribution in [0.4, 0.5) is 5.13 Å². The Bertz CT molecular complexity index is 442. The van der Waals surface area contributed by atoms with Crippen molar-refractivity contribution in [3.8, 4) is 6.07 Å². The topological polar surface area (TPSA) is 78.7 Å². The quantitative estimate of drug-likeness (QED) is 0.850. The lowest BCUT2D eigenvalue weighted by atomic mass is 9.87. The van der Waals surface area contributed by atoms with Crippen LogP contribution in [0.15, 0.2) is 0 Å². The number of carbonyl (C=O) groups excluding carboxylic acids is 1. The summed E-state index contributed by atoms with van der Waals surface area (Å²) in [6.45, 7) is 1.77. The van der Waals surface area contributed by atoms with Crippen molar-refractivity contribution in [2.45, 2.75) is 32.6 Å². The first-order valence-electron chi connectivity index (χ1n) is 5.19. The molecule has 6 heteroatoms. The standard InChI is InChI=1S/C10H12N4OS/c1-7-12-9(16-14-7)13-8(15)10(6-11)4-2-3-5-10/h2-5H2,1H3,(H,12,13,14,15). The molecule has 0 aromatic carbocycles. The lowest BCUT2D eigenvalue weighted by molar-refractivity contribution is -0.122. The van der Waals surface area contributed by atoms with Crippen molar-refractivity contribution < 1.29 is 4.79 Å². The molecule has 2 rings (SSSR count). The van der Waals surface area contributed by atoms with E-state index >= 15 is 0 Å². The van der Waals surface area contributed by atoms with Crippen LogP contribution < -0.4 is 5.32 Å². The molecule has 1 aromatic heterocycles. The highest BCUT2D eigenvalue weighted by molar-refractivity contribution is 7.09. The number of hydrogen-bond acceptors (Lipinski definition) is 5. The Labute approximate surface area is 97.7 Å². The maximum absolute atomic E-state index is 12.0. The Hall–Kier alpha value is -1.48. The summed E-state index contributed by atoms with van der Waals surface area (Å²) in [5.74, 6) is 0.404. The fraction of sp³-hybridized carbons (Fsp3) is 0.600. The molecule has 5 nitrogen and oxygen atoms in total. The second-order valence-electron chi connectivity index (χ2n) is 4.00. The first kappa shape index (κ1) is 11.0. The summed E-state index contributed by atoms with van der Waals surface area (Å²) in [7, 11) is 0. The van der Waals surface area contributed by atoms with Gasteiger partial charge in [0.05, 0.1) is 6.07 Å². The zero-order valence-electron chi connectivity index (χ0n) is 8.99. The van der Waals surface area contributed by atoms with Crippen LogP contribution in [0, 0.1) is 23.7 Å². The highest BCUT2D eigenvalue weighted by Gasteiger charge is 2.41. The highest BCUT2D eigenvalue weighted by atomic mass is 32.1. The maximum Gasteiger partial charge on any atom is 0.246 e. The Morgan fingerprint density at radius 2 is 2.25 bits per heavy atom. The fourth-order valence-corrected chi connectivity index (χ4v) is 2.50. The van der Waals surface area contributed by atoms with Gasteiger partial charge in [0.1, 0.15) is 11.2 Å². The molecule has 1 aliphatic rings. The minimum absolute atomic E-state index is 0.233. The average molecular weight is 236 g/mol. The van der Waals surface area contributed by atoms with Crippen molar-refractivity contribution in [2.24, 2.45) is 5.41 Å². The molecular weight excluding hydrogens is 224 g/mol. The monoisotopic (exact) mass is 236 g/mol. The third kappa shape index (κ3) is 1.91. The van der Waals surface area contributed by atoms with Crippen LogP contribution in [0.5, 0.6) is 0 Å². The first-order valence-corrected chi connectivity index (χ1v) is 5.97. The number of amides is 1. The number of anilines is 1. The molecule has 0 radical (unpaired) electrons. The van der Waals surface area contributed by atoms with Crippen LogP contribution in [0.3, 0.4) is 0 Å². The van der Waals surface area contributed by atoms with Crippen LogP contribution in [0.1, 0.15) is 31.5 Å². The summed E-state index contributed by atoms with van der Waals surface area (Å²) >= 11 is 1.14. The van der Waals surface area contributed by atoms with Gasteiger partial charge in [-0.15, -0.1) is 0 Å². The molecule has 0 saturated heterocycles. The zero-order valence-corrected chi connectivity index (χ0v) is 9.80. The molecule has 84 valence electrons. The van der Waals surface area contributed by atoms with E-state index in [1.165, 1.54) is 0 Å². The average Bonchev–Trinajstić information content (AvgIpc) is 2.88. The highest BCUT2D eigenvalue weighted by Crippen LogP contribution is 2.38. The fourth-order valence-electron chi connectivity index (χ4n) is 1.93. The van der Waals surface area contributed by atoms with Crippen molar-refractivity contribution in [3.05, 3.63) is 5.82 Å². The molecule has 1 heterocycles. The summed E-state index contributed by atoms with van der Waals surface area (Å²) in [6.07, 6.45) is 3.17. The van der Waals surface area contributed by atoms with Crippen molar-refractivity contribution in [3.63, 3.8) is 0 Å². The Morgan fingerprint density at radius 3 is 2.75 bits per heavy atom. The van der Waals surface area contributed by atoms with Crippen LogP contribution in [-0.4, -0.2) is 15.3 Å². The molecule has 1 amide bonds. The molecule has 16 heavy (non-hydrogen) atoms. The van der Waals surface area contributed by atoms with Gasteiger partial charge in [-0.3, -0.25) is 10.1 Å². The first-order chi connectivity index (χ1) is 7.66.